The zero-order chi connectivity index (χ0) is 9.10. The quantitative estimate of drug-likeness (QED) is 0.822. The van der Waals surface area contributed by atoms with Gasteiger partial charge in [0.25, 0.3) is 0 Å². The van der Waals surface area contributed by atoms with E-state index in [0.29, 0.717) is 11.8 Å². The van der Waals surface area contributed by atoms with Crippen molar-refractivity contribution in [3.05, 3.63) is 16.1 Å². The SMILES string of the molecule is NCc1cnc(C2CCCCS2)s1. The van der Waals surface area contributed by atoms with E-state index >= 15 is 0 Å². The van der Waals surface area contributed by atoms with Crippen LogP contribution in [0.15, 0.2) is 6.20 Å². The summed E-state index contributed by atoms with van der Waals surface area (Å²) < 4.78 is 0. The molecule has 1 aromatic rings. The molecule has 1 aromatic heterocycles. The second-order valence-electron chi connectivity index (χ2n) is 3.22. The summed E-state index contributed by atoms with van der Waals surface area (Å²) in [4.78, 5) is 5.64. The van der Waals surface area contributed by atoms with Crippen molar-refractivity contribution in [1.29, 1.82) is 0 Å². The van der Waals surface area contributed by atoms with Gasteiger partial charge in [0.1, 0.15) is 5.01 Å². The standard InChI is InChI=1S/C9H14N2S2/c10-5-7-6-11-9(13-7)8-3-1-2-4-12-8/h6,8H,1-5,10H2. The van der Waals surface area contributed by atoms with Crippen LogP contribution in [0, 0.1) is 0 Å². The average Bonchev–Trinajstić information content (AvgIpc) is 2.67. The maximum Gasteiger partial charge on any atom is 0.106 e. The zero-order valence-corrected chi connectivity index (χ0v) is 9.16. The van der Waals surface area contributed by atoms with E-state index in [-0.39, 0.29) is 0 Å². The molecule has 2 N–H and O–H groups in total. The van der Waals surface area contributed by atoms with Crippen molar-refractivity contribution >= 4 is 23.1 Å². The third-order valence-electron chi connectivity index (χ3n) is 2.23. The molecular weight excluding hydrogens is 200 g/mol. The molecule has 72 valence electrons. The van der Waals surface area contributed by atoms with E-state index in [9.17, 15) is 0 Å². The summed E-state index contributed by atoms with van der Waals surface area (Å²) in [6, 6.07) is 0. The van der Waals surface area contributed by atoms with Crippen molar-refractivity contribution in [2.75, 3.05) is 5.75 Å². The molecule has 1 fully saturated rings. The summed E-state index contributed by atoms with van der Waals surface area (Å²) in [5.41, 5.74) is 5.56. The van der Waals surface area contributed by atoms with Crippen LogP contribution in [0.25, 0.3) is 0 Å². The minimum Gasteiger partial charge on any atom is -0.326 e. The van der Waals surface area contributed by atoms with Crippen molar-refractivity contribution < 1.29 is 0 Å². The highest BCUT2D eigenvalue weighted by molar-refractivity contribution is 7.99. The van der Waals surface area contributed by atoms with Crippen LogP contribution in [-0.4, -0.2) is 10.7 Å². The fourth-order valence-electron chi connectivity index (χ4n) is 1.50. The lowest BCUT2D eigenvalue weighted by Crippen LogP contribution is -2.01. The second-order valence-corrected chi connectivity index (χ2v) is 5.68. The third-order valence-corrected chi connectivity index (χ3v) is 4.90. The topological polar surface area (TPSA) is 38.9 Å². The molecule has 0 aromatic carbocycles. The molecule has 1 aliphatic heterocycles. The Balaban J connectivity index is 2.05. The lowest BCUT2D eigenvalue weighted by atomic mass is 10.2. The number of hydrogen-bond donors (Lipinski definition) is 1. The third kappa shape index (κ3) is 2.24. The minimum atomic E-state index is 0.634. The smallest absolute Gasteiger partial charge is 0.106 e. The van der Waals surface area contributed by atoms with Gasteiger partial charge in [-0.3, -0.25) is 0 Å². The predicted molar refractivity (Wildman–Crippen MR) is 59.1 cm³/mol. The van der Waals surface area contributed by atoms with Gasteiger partial charge in [0.15, 0.2) is 0 Å². The number of rotatable bonds is 2. The lowest BCUT2D eigenvalue weighted by Gasteiger charge is -2.18. The molecule has 4 heteroatoms. The average molecular weight is 214 g/mol. The Morgan fingerprint density at radius 3 is 3.08 bits per heavy atom. The van der Waals surface area contributed by atoms with Crippen LogP contribution >= 0.6 is 23.1 Å². The Morgan fingerprint density at radius 2 is 2.46 bits per heavy atom. The molecule has 2 nitrogen and oxygen atoms in total. The van der Waals surface area contributed by atoms with Crippen LogP contribution in [0.1, 0.15) is 34.4 Å². The summed E-state index contributed by atoms with van der Waals surface area (Å²) in [6.07, 6.45) is 5.95. The number of thioether (sulfide) groups is 1. The molecule has 0 aliphatic carbocycles. The maximum atomic E-state index is 5.56. The van der Waals surface area contributed by atoms with E-state index in [2.05, 4.69) is 4.98 Å². The Labute approximate surface area is 86.9 Å². The molecule has 0 spiro atoms. The van der Waals surface area contributed by atoms with Crippen LogP contribution in [-0.2, 0) is 6.54 Å². The van der Waals surface area contributed by atoms with Gasteiger partial charge in [-0.05, 0) is 18.6 Å². The fourth-order valence-corrected chi connectivity index (χ4v) is 3.85. The first-order valence-electron chi connectivity index (χ1n) is 4.66. The molecule has 0 saturated carbocycles. The Kier molecular flexibility index (Phi) is 3.24. The molecule has 0 bridgehead atoms. The number of aromatic nitrogens is 1. The van der Waals surface area contributed by atoms with Crippen LogP contribution < -0.4 is 5.73 Å². The van der Waals surface area contributed by atoms with Gasteiger partial charge in [-0.15, -0.1) is 11.3 Å². The molecule has 1 unspecified atom stereocenters. The molecule has 0 radical (unpaired) electrons. The molecule has 1 atom stereocenters. The van der Waals surface area contributed by atoms with Crippen LogP contribution in [0.2, 0.25) is 0 Å². The van der Waals surface area contributed by atoms with Gasteiger partial charge in [-0.1, -0.05) is 6.42 Å². The first-order chi connectivity index (χ1) is 6.40. The van der Waals surface area contributed by atoms with E-state index in [1.165, 1.54) is 34.9 Å². The van der Waals surface area contributed by atoms with Gasteiger partial charge in [-0.2, -0.15) is 11.8 Å². The van der Waals surface area contributed by atoms with Gasteiger partial charge in [0.05, 0.1) is 5.25 Å². The summed E-state index contributed by atoms with van der Waals surface area (Å²) in [5, 5.41) is 1.93. The van der Waals surface area contributed by atoms with Crippen molar-refractivity contribution in [3.63, 3.8) is 0 Å². The first-order valence-corrected chi connectivity index (χ1v) is 6.53. The van der Waals surface area contributed by atoms with Crippen molar-refractivity contribution in [2.45, 2.75) is 31.1 Å². The normalized spacial score (nSPS) is 23.3. The van der Waals surface area contributed by atoms with Crippen LogP contribution in [0.4, 0.5) is 0 Å². The Bertz CT molecular complexity index is 266. The maximum absolute atomic E-state index is 5.56. The second kappa shape index (κ2) is 4.44. The highest BCUT2D eigenvalue weighted by Crippen LogP contribution is 2.39. The van der Waals surface area contributed by atoms with Gasteiger partial charge >= 0.3 is 0 Å². The number of thiazole rings is 1. The number of nitrogens with two attached hydrogens (primary N) is 1. The van der Waals surface area contributed by atoms with Crippen molar-refractivity contribution in [2.24, 2.45) is 5.73 Å². The molecule has 1 saturated heterocycles. The van der Waals surface area contributed by atoms with Crippen LogP contribution in [0.3, 0.4) is 0 Å². The monoisotopic (exact) mass is 214 g/mol. The molecule has 0 amide bonds. The van der Waals surface area contributed by atoms with E-state index in [0.717, 1.165) is 0 Å². The highest BCUT2D eigenvalue weighted by atomic mass is 32.2. The zero-order valence-electron chi connectivity index (χ0n) is 7.53. The van der Waals surface area contributed by atoms with Crippen LogP contribution in [0.5, 0.6) is 0 Å². The molecule has 1 aliphatic rings. The number of nitrogens with zero attached hydrogens (tertiary/aromatic N) is 1. The summed E-state index contributed by atoms with van der Waals surface area (Å²) in [6.45, 7) is 0.634. The van der Waals surface area contributed by atoms with E-state index < -0.39 is 0 Å². The summed E-state index contributed by atoms with van der Waals surface area (Å²) >= 11 is 3.83. The summed E-state index contributed by atoms with van der Waals surface area (Å²) in [5.74, 6) is 1.29. The fraction of sp³-hybridized carbons (Fsp3) is 0.667. The Morgan fingerprint density at radius 1 is 1.54 bits per heavy atom. The molecule has 13 heavy (non-hydrogen) atoms. The van der Waals surface area contributed by atoms with Gasteiger partial charge in [0.2, 0.25) is 0 Å². The first kappa shape index (κ1) is 9.49. The van der Waals surface area contributed by atoms with Gasteiger partial charge < -0.3 is 5.73 Å². The number of hydrogen-bond acceptors (Lipinski definition) is 4. The van der Waals surface area contributed by atoms with Crippen molar-refractivity contribution in [3.8, 4) is 0 Å². The molecular formula is C9H14N2S2. The van der Waals surface area contributed by atoms with Gasteiger partial charge in [0, 0.05) is 17.6 Å². The van der Waals surface area contributed by atoms with Gasteiger partial charge in [-0.25, -0.2) is 4.98 Å². The lowest BCUT2D eigenvalue weighted by molar-refractivity contribution is 0.683. The van der Waals surface area contributed by atoms with Crippen molar-refractivity contribution in [1.82, 2.24) is 4.98 Å². The molecule has 2 heterocycles. The van der Waals surface area contributed by atoms with E-state index in [1.54, 1.807) is 11.3 Å². The Hall–Kier alpha value is -0.0600. The molecule has 2 rings (SSSR count). The largest absolute Gasteiger partial charge is 0.326 e. The highest BCUT2D eigenvalue weighted by Gasteiger charge is 2.18. The predicted octanol–water partition coefficient (Wildman–Crippen LogP) is 2.56. The van der Waals surface area contributed by atoms with E-state index in [4.69, 9.17) is 5.73 Å². The minimum absolute atomic E-state index is 0.634. The van der Waals surface area contributed by atoms with E-state index in [1.807, 2.05) is 18.0 Å². The summed E-state index contributed by atoms with van der Waals surface area (Å²) in [7, 11) is 0.